The predicted molar refractivity (Wildman–Crippen MR) is 63.4 cm³/mol. The molecule has 2 rings (SSSR count). The highest BCUT2D eigenvalue weighted by Crippen LogP contribution is 2.35. The summed E-state index contributed by atoms with van der Waals surface area (Å²) in [6.45, 7) is 0. The maximum absolute atomic E-state index is 8.70. The number of nitriles is 1. The van der Waals surface area contributed by atoms with Gasteiger partial charge in [0, 0.05) is 15.0 Å². The van der Waals surface area contributed by atoms with Gasteiger partial charge in [0.05, 0.1) is 17.5 Å². The smallest absolute Gasteiger partial charge is 0.0670 e. The topological polar surface area (TPSA) is 23.8 Å². The molecule has 0 radical (unpaired) electrons. The van der Waals surface area contributed by atoms with Crippen LogP contribution in [0.2, 0.25) is 5.02 Å². The number of halogens is 1. The van der Waals surface area contributed by atoms with Crippen LogP contribution in [0, 0.1) is 11.3 Å². The summed E-state index contributed by atoms with van der Waals surface area (Å²) >= 11 is 12.0. The first-order chi connectivity index (χ1) is 6.74. The Bertz CT molecular complexity index is 525. The van der Waals surface area contributed by atoms with E-state index in [1.165, 1.54) is 0 Å². The van der Waals surface area contributed by atoms with E-state index in [0.717, 1.165) is 20.5 Å². The molecule has 2 aromatic rings. The van der Waals surface area contributed by atoms with E-state index >= 15 is 0 Å². The number of rotatable bonds is 1. The molecule has 0 fully saturated rings. The zero-order chi connectivity index (χ0) is 10.1. The molecule has 1 heterocycles. The van der Waals surface area contributed by atoms with Gasteiger partial charge in [-0.2, -0.15) is 5.26 Å². The second kappa shape index (κ2) is 3.82. The van der Waals surface area contributed by atoms with E-state index in [4.69, 9.17) is 16.9 Å². The molecule has 0 N–H and O–H groups in total. The van der Waals surface area contributed by atoms with Crippen molar-refractivity contribution in [3.63, 3.8) is 0 Å². The molecule has 0 amide bonds. The van der Waals surface area contributed by atoms with Crippen molar-refractivity contribution in [3.05, 3.63) is 28.1 Å². The Kier molecular flexibility index (Phi) is 2.69. The SMILES string of the molecule is N#CCc1c(S)cc(Cl)c2ccsc12. The highest BCUT2D eigenvalue weighted by molar-refractivity contribution is 7.80. The fourth-order valence-corrected chi connectivity index (χ4v) is 3.15. The summed E-state index contributed by atoms with van der Waals surface area (Å²) in [5, 5.41) is 12.4. The Labute approximate surface area is 96.3 Å². The number of thiol groups is 1. The average Bonchev–Trinajstić information content (AvgIpc) is 2.60. The minimum absolute atomic E-state index is 0.382. The van der Waals surface area contributed by atoms with Crippen LogP contribution >= 0.6 is 35.6 Å². The van der Waals surface area contributed by atoms with Gasteiger partial charge in [-0.25, -0.2) is 0 Å². The molecule has 0 spiro atoms. The van der Waals surface area contributed by atoms with Gasteiger partial charge in [-0.15, -0.1) is 24.0 Å². The molecule has 70 valence electrons. The lowest BCUT2D eigenvalue weighted by atomic mass is 10.1. The molecule has 14 heavy (non-hydrogen) atoms. The van der Waals surface area contributed by atoms with Crippen molar-refractivity contribution in [2.75, 3.05) is 0 Å². The van der Waals surface area contributed by atoms with Gasteiger partial charge in [0.2, 0.25) is 0 Å². The summed E-state index contributed by atoms with van der Waals surface area (Å²) < 4.78 is 1.07. The van der Waals surface area contributed by atoms with Crippen LogP contribution in [0.4, 0.5) is 0 Å². The Balaban J connectivity index is 2.81. The summed E-state index contributed by atoms with van der Waals surface area (Å²) in [6, 6.07) is 5.91. The first kappa shape index (κ1) is 9.85. The Morgan fingerprint density at radius 3 is 3.07 bits per heavy atom. The molecule has 0 atom stereocenters. The molecule has 0 aliphatic heterocycles. The van der Waals surface area contributed by atoms with Gasteiger partial charge < -0.3 is 0 Å². The minimum atomic E-state index is 0.382. The molecule has 1 aromatic heterocycles. The molecule has 0 saturated carbocycles. The molecule has 4 heteroatoms. The zero-order valence-corrected chi connectivity index (χ0v) is 9.59. The number of hydrogen-bond acceptors (Lipinski definition) is 3. The molecule has 1 aromatic carbocycles. The number of benzene rings is 1. The maximum Gasteiger partial charge on any atom is 0.0670 e. The van der Waals surface area contributed by atoms with Crippen molar-refractivity contribution in [2.24, 2.45) is 0 Å². The van der Waals surface area contributed by atoms with Crippen LogP contribution in [-0.4, -0.2) is 0 Å². The Morgan fingerprint density at radius 2 is 2.36 bits per heavy atom. The van der Waals surface area contributed by atoms with Crippen molar-refractivity contribution >= 4 is 45.7 Å². The predicted octanol–water partition coefficient (Wildman–Crippen LogP) is 3.91. The number of fused-ring (bicyclic) bond motifs is 1. The fourth-order valence-electron chi connectivity index (χ4n) is 1.38. The van der Waals surface area contributed by atoms with E-state index in [2.05, 4.69) is 18.7 Å². The van der Waals surface area contributed by atoms with Gasteiger partial charge in [0.1, 0.15) is 0 Å². The van der Waals surface area contributed by atoms with Crippen LogP contribution in [-0.2, 0) is 6.42 Å². The van der Waals surface area contributed by atoms with E-state index in [-0.39, 0.29) is 0 Å². The van der Waals surface area contributed by atoms with Crippen molar-refractivity contribution in [3.8, 4) is 6.07 Å². The summed E-state index contributed by atoms with van der Waals surface area (Å²) in [5.41, 5.74) is 0.977. The van der Waals surface area contributed by atoms with E-state index in [9.17, 15) is 0 Å². The first-order valence-corrected chi connectivity index (χ1v) is 5.69. The summed E-state index contributed by atoms with van der Waals surface area (Å²) in [7, 11) is 0. The number of hydrogen-bond donors (Lipinski definition) is 1. The second-order valence-corrected chi connectivity index (χ2v) is 4.66. The molecule has 0 aliphatic rings. The number of thiophene rings is 1. The quantitative estimate of drug-likeness (QED) is 0.750. The van der Waals surface area contributed by atoms with Crippen molar-refractivity contribution in [1.82, 2.24) is 0 Å². The van der Waals surface area contributed by atoms with Crippen molar-refractivity contribution < 1.29 is 0 Å². The third-order valence-corrected chi connectivity index (χ3v) is 3.71. The normalized spacial score (nSPS) is 10.4. The lowest BCUT2D eigenvalue weighted by molar-refractivity contribution is 1.22. The molecular weight excluding hydrogens is 234 g/mol. The third kappa shape index (κ3) is 1.50. The summed E-state index contributed by atoms with van der Waals surface area (Å²) in [4.78, 5) is 0.798. The second-order valence-electron chi connectivity index (χ2n) is 2.85. The number of nitrogens with zero attached hydrogens (tertiary/aromatic N) is 1. The van der Waals surface area contributed by atoms with E-state index < -0.39 is 0 Å². The van der Waals surface area contributed by atoms with Gasteiger partial charge in [-0.3, -0.25) is 0 Å². The minimum Gasteiger partial charge on any atom is -0.198 e. The van der Waals surface area contributed by atoms with Gasteiger partial charge in [0.15, 0.2) is 0 Å². The summed E-state index contributed by atoms with van der Waals surface area (Å²) in [5.74, 6) is 0. The van der Waals surface area contributed by atoms with Gasteiger partial charge in [0.25, 0.3) is 0 Å². The molecular formula is C10H6ClNS2. The van der Waals surface area contributed by atoms with E-state index in [1.807, 2.05) is 11.4 Å². The van der Waals surface area contributed by atoms with Crippen LogP contribution in [0.15, 0.2) is 22.4 Å². The molecule has 0 unspecified atom stereocenters. The van der Waals surface area contributed by atoms with Gasteiger partial charge >= 0.3 is 0 Å². The van der Waals surface area contributed by atoms with Gasteiger partial charge in [-0.1, -0.05) is 11.6 Å². The molecule has 1 nitrogen and oxygen atoms in total. The lowest BCUT2D eigenvalue weighted by Crippen LogP contribution is -1.85. The monoisotopic (exact) mass is 239 g/mol. The third-order valence-electron chi connectivity index (χ3n) is 2.03. The maximum atomic E-state index is 8.70. The highest BCUT2D eigenvalue weighted by atomic mass is 35.5. The standard InChI is InChI=1S/C10H6ClNS2/c11-8-5-9(13)7(1-3-12)10-6(8)2-4-14-10/h2,4-5,13H,1H2. The van der Waals surface area contributed by atoms with Crippen LogP contribution in [0.5, 0.6) is 0 Å². The van der Waals surface area contributed by atoms with Crippen molar-refractivity contribution in [1.29, 1.82) is 5.26 Å². The Morgan fingerprint density at radius 1 is 1.57 bits per heavy atom. The van der Waals surface area contributed by atoms with E-state index in [0.29, 0.717) is 11.4 Å². The van der Waals surface area contributed by atoms with Crippen LogP contribution in [0.1, 0.15) is 5.56 Å². The fraction of sp³-hybridized carbons (Fsp3) is 0.100. The highest BCUT2D eigenvalue weighted by Gasteiger charge is 2.09. The Hall–Kier alpha value is -0.690. The van der Waals surface area contributed by atoms with Gasteiger partial charge in [-0.05, 0) is 23.1 Å². The molecule has 0 aliphatic carbocycles. The average molecular weight is 240 g/mol. The largest absolute Gasteiger partial charge is 0.198 e. The first-order valence-electron chi connectivity index (χ1n) is 3.98. The molecule has 0 saturated heterocycles. The van der Waals surface area contributed by atoms with Crippen molar-refractivity contribution in [2.45, 2.75) is 11.3 Å². The van der Waals surface area contributed by atoms with Crippen LogP contribution in [0.3, 0.4) is 0 Å². The van der Waals surface area contributed by atoms with Crippen LogP contribution < -0.4 is 0 Å². The summed E-state index contributed by atoms with van der Waals surface area (Å²) in [6.07, 6.45) is 0.382. The molecule has 0 bridgehead atoms. The lowest BCUT2D eigenvalue weighted by Gasteiger charge is -2.03. The zero-order valence-electron chi connectivity index (χ0n) is 7.12. The van der Waals surface area contributed by atoms with Crippen LogP contribution in [0.25, 0.3) is 10.1 Å². The van der Waals surface area contributed by atoms with E-state index in [1.54, 1.807) is 17.4 Å².